The number of allylic oxidation sites excluding steroid dienone is 1. The number of thiazole rings is 1. The van der Waals surface area contributed by atoms with Gasteiger partial charge in [0.15, 0.2) is 11.5 Å². The van der Waals surface area contributed by atoms with Gasteiger partial charge >= 0.3 is 0 Å². The number of benzene rings is 2. The molecule has 136 valence electrons. The summed E-state index contributed by atoms with van der Waals surface area (Å²) in [5.41, 5.74) is 2.16. The summed E-state index contributed by atoms with van der Waals surface area (Å²) < 4.78 is 24.2. The zero-order chi connectivity index (χ0) is 19.2. The van der Waals surface area contributed by atoms with E-state index in [9.17, 15) is 9.65 Å². The van der Waals surface area contributed by atoms with Gasteiger partial charge < -0.3 is 14.8 Å². The van der Waals surface area contributed by atoms with Crippen molar-refractivity contribution in [2.24, 2.45) is 0 Å². The first-order valence-corrected chi connectivity index (χ1v) is 8.84. The van der Waals surface area contributed by atoms with E-state index in [1.54, 1.807) is 38.5 Å². The molecule has 0 atom stereocenters. The molecule has 0 saturated heterocycles. The topological polar surface area (TPSA) is 67.2 Å². The SMILES string of the molecule is COc1ccc(-c2csc(C(C#N)=CNc3ccccc3F)n2)cc1OC. The maximum absolute atomic E-state index is 13.7. The molecular formula is C20H16FN3O2S. The van der Waals surface area contributed by atoms with Gasteiger partial charge in [-0.3, -0.25) is 0 Å². The van der Waals surface area contributed by atoms with Crippen molar-refractivity contribution in [2.45, 2.75) is 0 Å². The molecular weight excluding hydrogens is 365 g/mol. The van der Waals surface area contributed by atoms with Gasteiger partial charge in [0, 0.05) is 17.1 Å². The molecule has 7 heteroatoms. The molecule has 3 rings (SSSR count). The number of rotatable bonds is 6. The fourth-order valence-electron chi connectivity index (χ4n) is 2.40. The largest absolute Gasteiger partial charge is 0.493 e. The smallest absolute Gasteiger partial charge is 0.161 e. The second kappa shape index (κ2) is 8.34. The fourth-order valence-corrected chi connectivity index (χ4v) is 3.19. The van der Waals surface area contributed by atoms with E-state index in [2.05, 4.69) is 16.4 Å². The molecule has 1 N–H and O–H groups in total. The summed E-state index contributed by atoms with van der Waals surface area (Å²) in [6.45, 7) is 0. The highest BCUT2D eigenvalue weighted by Gasteiger charge is 2.12. The van der Waals surface area contributed by atoms with Crippen LogP contribution in [0.5, 0.6) is 11.5 Å². The van der Waals surface area contributed by atoms with Gasteiger partial charge in [-0.05, 0) is 30.3 Å². The van der Waals surface area contributed by atoms with Crippen LogP contribution in [0.15, 0.2) is 54.0 Å². The predicted molar refractivity (Wildman–Crippen MR) is 104 cm³/mol. The number of nitrogens with zero attached hydrogens (tertiary/aromatic N) is 2. The van der Waals surface area contributed by atoms with Crippen molar-refractivity contribution in [2.75, 3.05) is 19.5 Å². The molecule has 0 unspecified atom stereocenters. The van der Waals surface area contributed by atoms with E-state index in [4.69, 9.17) is 9.47 Å². The van der Waals surface area contributed by atoms with Crippen molar-refractivity contribution in [3.63, 3.8) is 0 Å². The van der Waals surface area contributed by atoms with Crippen LogP contribution in [0.2, 0.25) is 0 Å². The van der Waals surface area contributed by atoms with E-state index >= 15 is 0 Å². The van der Waals surface area contributed by atoms with Crippen LogP contribution >= 0.6 is 11.3 Å². The van der Waals surface area contributed by atoms with Crippen molar-refractivity contribution in [1.82, 2.24) is 4.98 Å². The lowest BCUT2D eigenvalue weighted by Crippen LogP contribution is -1.94. The van der Waals surface area contributed by atoms with E-state index in [-0.39, 0.29) is 0 Å². The summed E-state index contributed by atoms with van der Waals surface area (Å²) in [6, 6.07) is 13.8. The lowest BCUT2D eigenvalue weighted by atomic mass is 10.1. The van der Waals surface area contributed by atoms with Crippen molar-refractivity contribution < 1.29 is 13.9 Å². The quantitative estimate of drug-likeness (QED) is 0.613. The number of hydrogen-bond acceptors (Lipinski definition) is 6. The van der Waals surface area contributed by atoms with Crippen molar-refractivity contribution in [1.29, 1.82) is 5.26 Å². The van der Waals surface area contributed by atoms with Gasteiger partial charge in [0.25, 0.3) is 0 Å². The van der Waals surface area contributed by atoms with Crippen LogP contribution in [0, 0.1) is 17.1 Å². The number of nitriles is 1. The van der Waals surface area contributed by atoms with Crippen LogP contribution < -0.4 is 14.8 Å². The molecule has 0 aliphatic heterocycles. The number of halogens is 1. The van der Waals surface area contributed by atoms with E-state index in [0.717, 1.165) is 5.56 Å². The molecule has 1 aromatic heterocycles. The maximum atomic E-state index is 13.7. The maximum Gasteiger partial charge on any atom is 0.161 e. The average molecular weight is 381 g/mol. The number of methoxy groups -OCH3 is 2. The van der Waals surface area contributed by atoms with Gasteiger partial charge in [-0.1, -0.05) is 12.1 Å². The molecule has 0 saturated carbocycles. The predicted octanol–water partition coefficient (Wildman–Crippen LogP) is 4.94. The molecule has 0 aliphatic rings. The van der Waals surface area contributed by atoms with Gasteiger partial charge in [-0.2, -0.15) is 5.26 Å². The second-order valence-corrected chi connectivity index (χ2v) is 6.26. The Morgan fingerprint density at radius 3 is 2.67 bits per heavy atom. The van der Waals surface area contributed by atoms with Gasteiger partial charge in [-0.15, -0.1) is 11.3 Å². The number of hydrogen-bond donors (Lipinski definition) is 1. The van der Waals surface area contributed by atoms with Gasteiger partial charge in [0.2, 0.25) is 0 Å². The summed E-state index contributed by atoms with van der Waals surface area (Å²) in [4.78, 5) is 4.51. The van der Waals surface area contributed by atoms with Crippen LogP contribution in [-0.2, 0) is 0 Å². The molecule has 1 heterocycles. The van der Waals surface area contributed by atoms with E-state index in [1.807, 2.05) is 17.5 Å². The highest BCUT2D eigenvalue weighted by Crippen LogP contribution is 2.33. The van der Waals surface area contributed by atoms with Gasteiger partial charge in [0.1, 0.15) is 22.5 Å². The summed E-state index contributed by atoms with van der Waals surface area (Å²) in [5, 5.41) is 14.6. The van der Waals surface area contributed by atoms with Crippen LogP contribution in [-0.4, -0.2) is 19.2 Å². The molecule has 0 aliphatic carbocycles. The summed E-state index contributed by atoms with van der Waals surface area (Å²) in [6.07, 6.45) is 1.45. The van der Waals surface area contributed by atoms with Crippen LogP contribution in [0.1, 0.15) is 5.01 Å². The minimum atomic E-state index is -0.392. The Morgan fingerprint density at radius 1 is 1.19 bits per heavy atom. The Morgan fingerprint density at radius 2 is 1.96 bits per heavy atom. The summed E-state index contributed by atoms with van der Waals surface area (Å²) in [5.74, 6) is 0.835. The minimum Gasteiger partial charge on any atom is -0.493 e. The first-order valence-electron chi connectivity index (χ1n) is 7.96. The van der Waals surface area contributed by atoms with Crippen molar-refractivity contribution in [3.05, 3.63) is 64.9 Å². The third-order valence-corrected chi connectivity index (χ3v) is 4.66. The van der Waals surface area contributed by atoms with Crippen LogP contribution in [0.4, 0.5) is 10.1 Å². The lowest BCUT2D eigenvalue weighted by Gasteiger charge is -2.08. The van der Waals surface area contributed by atoms with Crippen molar-refractivity contribution in [3.8, 4) is 28.8 Å². The molecule has 2 aromatic carbocycles. The number of para-hydroxylation sites is 1. The Labute approximate surface area is 160 Å². The minimum absolute atomic E-state index is 0.293. The Kier molecular flexibility index (Phi) is 5.69. The standard InChI is InChI=1S/C20H16FN3O2S/c1-25-18-8-7-13(9-19(18)26-2)17-12-27-20(24-17)14(10-22)11-23-16-6-4-3-5-15(16)21/h3-9,11-12,23H,1-2H3. The van der Waals surface area contributed by atoms with Crippen LogP contribution in [0.25, 0.3) is 16.8 Å². The molecule has 0 fully saturated rings. The van der Waals surface area contributed by atoms with E-state index in [0.29, 0.717) is 33.5 Å². The number of aromatic nitrogens is 1. The average Bonchev–Trinajstić information content (AvgIpc) is 3.19. The third-order valence-electron chi connectivity index (χ3n) is 3.78. The molecule has 0 spiro atoms. The molecule has 0 bridgehead atoms. The molecule has 5 nitrogen and oxygen atoms in total. The number of anilines is 1. The molecule has 0 amide bonds. The monoisotopic (exact) mass is 381 g/mol. The third kappa shape index (κ3) is 4.07. The highest BCUT2D eigenvalue weighted by molar-refractivity contribution is 7.11. The Bertz CT molecular complexity index is 1020. The van der Waals surface area contributed by atoms with Gasteiger partial charge in [0.05, 0.1) is 25.6 Å². The van der Waals surface area contributed by atoms with Crippen LogP contribution in [0.3, 0.4) is 0 Å². The fraction of sp³-hybridized carbons (Fsp3) is 0.100. The summed E-state index contributed by atoms with van der Waals surface area (Å²) >= 11 is 1.33. The Balaban J connectivity index is 1.86. The highest BCUT2D eigenvalue weighted by atomic mass is 32.1. The zero-order valence-electron chi connectivity index (χ0n) is 14.7. The molecule has 3 aromatic rings. The Hall–Kier alpha value is -3.37. The first-order chi connectivity index (χ1) is 13.2. The normalized spacial score (nSPS) is 11.0. The van der Waals surface area contributed by atoms with Gasteiger partial charge in [-0.25, -0.2) is 9.37 Å². The summed E-state index contributed by atoms with van der Waals surface area (Å²) in [7, 11) is 3.14. The second-order valence-electron chi connectivity index (χ2n) is 5.40. The van der Waals surface area contributed by atoms with Crippen molar-refractivity contribution >= 4 is 22.6 Å². The van der Waals surface area contributed by atoms with E-state index in [1.165, 1.54) is 23.6 Å². The van der Waals surface area contributed by atoms with E-state index < -0.39 is 5.82 Å². The molecule has 27 heavy (non-hydrogen) atoms. The first kappa shape index (κ1) is 18.4. The lowest BCUT2D eigenvalue weighted by molar-refractivity contribution is 0.355. The molecule has 0 radical (unpaired) electrons. The number of nitrogens with one attached hydrogen (secondary N) is 1. The number of ether oxygens (including phenoxy) is 2. The zero-order valence-corrected chi connectivity index (χ0v) is 15.5.